The second kappa shape index (κ2) is 5.12. The maximum atomic E-state index is 10.8. The minimum absolute atomic E-state index is 0.179. The van der Waals surface area contributed by atoms with Crippen molar-refractivity contribution < 1.29 is 14.6 Å². The number of likely N-dealkylation sites (tertiary alicyclic amines) is 1. The van der Waals surface area contributed by atoms with E-state index in [1.807, 2.05) is 0 Å². The van der Waals surface area contributed by atoms with Crippen LogP contribution in [0.2, 0.25) is 0 Å². The van der Waals surface area contributed by atoms with Gasteiger partial charge in [-0.3, -0.25) is 9.69 Å². The van der Waals surface area contributed by atoms with E-state index in [1.165, 1.54) is 0 Å². The summed E-state index contributed by atoms with van der Waals surface area (Å²) in [6, 6.07) is 0. The maximum Gasteiger partial charge on any atom is 0.307 e. The van der Waals surface area contributed by atoms with E-state index in [2.05, 4.69) is 16.8 Å². The van der Waals surface area contributed by atoms with E-state index in [-0.39, 0.29) is 12.0 Å². The fourth-order valence-corrected chi connectivity index (χ4v) is 2.47. The van der Waals surface area contributed by atoms with E-state index in [0.29, 0.717) is 6.54 Å². The normalized spacial score (nSPS) is 33.1. The average Bonchev–Trinajstić information content (AvgIpc) is 2.66. The first kappa shape index (κ1) is 11.8. The Labute approximate surface area is 96.0 Å². The van der Waals surface area contributed by atoms with Crippen molar-refractivity contribution in [3.8, 4) is 0 Å². The van der Waals surface area contributed by atoms with Crippen LogP contribution in [0.4, 0.5) is 0 Å². The highest BCUT2D eigenvalue weighted by atomic mass is 16.5. The van der Waals surface area contributed by atoms with Crippen LogP contribution < -0.4 is 0 Å². The zero-order valence-corrected chi connectivity index (χ0v) is 9.76. The van der Waals surface area contributed by atoms with Gasteiger partial charge in [0.1, 0.15) is 0 Å². The van der Waals surface area contributed by atoms with Crippen molar-refractivity contribution in [3.63, 3.8) is 0 Å². The molecule has 1 N–H and O–H groups in total. The average molecular weight is 228 g/mol. The molecule has 2 unspecified atom stereocenters. The zero-order valence-electron chi connectivity index (χ0n) is 9.76. The lowest BCUT2D eigenvalue weighted by atomic mass is 10.1. The van der Waals surface area contributed by atoms with E-state index in [9.17, 15) is 4.79 Å². The Bertz CT molecular complexity index is 260. The Morgan fingerprint density at radius 3 is 2.88 bits per heavy atom. The molecule has 2 fully saturated rings. The molecule has 0 bridgehead atoms. The number of carbonyl (C=O) groups is 1. The minimum atomic E-state index is -0.663. The van der Waals surface area contributed by atoms with Crippen molar-refractivity contribution in [2.45, 2.75) is 12.5 Å². The number of rotatable bonds is 3. The first-order chi connectivity index (χ1) is 7.65. The maximum absolute atomic E-state index is 10.8. The SMILES string of the molecule is CN1CCOC(CN2CCC(C(=O)O)C2)C1. The van der Waals surface area contributed by atoms with Crippen molar-refractivity contribution in [1.82, 2.24) is 9.80 Å². The molecule has 2 saturated heterocycles. The van der Waals surface area contributed by atoms with Gasteiger partial charge in [-0.05, 0) is 20.0 Å². The minimum Gasteiger partial charge on any atom is -0.481 e. The molecule has 2 aliphatic rings. The summed E-state index contributed by atoms with van der Waals surface area (Å²) in [6.07, 6.45) is 1.02. The first-order valence-electron chi connectivity index (χ1n) is 5.90. The highest BCUT2D eigenvalue weighted by Crippen LogP contribution is 2.17. The summed E-state index contributed by atoms with van der Waals surface area (Å²) >= 11 is 0. The largest absolute Gasteiger partial charge is 0.481 e. The monoisotopic (exact) mass is 228 g/mol. The predicted octanol–water partition coefficient (Wildman–Crippen LogP) is -0.276. The molecule has 0 aromatic carbocycles. The van der Waals surface area contributed by atoms with Crippen molar-refractivity contribution in [2.24, 2.45) is 5.92 Å². The lowest BCUT2D eigenvalue weighted by Gasteiger charge is -2.32. The van der Waals surface area contributed by atoms with Crippen LogP contribution in [0.25, 0.3) is 0 Å². The number of carboxylic acid groups (broad SMARTS) is 1. The van der Waals surface area contributed by atoms with Crippen LogP contribution >= 0.6 is 0 Å². The number of nitrogens with zero attached hydrogens (tertiary/aromatic N) is 2. The van der Waals surface area contributed by atoms with Gasteiger partial charge < -0.3 is 14.7 Å². The molecular weight excluding hydrogens is 208 g/mol. The molecule has 2 heterocycles. The van der Waals surface area contributed by atoms with Crippen LogP contribution in [0.5, 0.6) is 0 Å². The third-order valence-electron chi connectivity index (χ3n) is 3.43. The molecule has 5 nitrogen and oxygen atoms in total. The van der Waals surface area contributed by atoms with Gasteiger partial charge in [0.25, 0.3) is 0 Å². The first-order valence-corrected chi connectivity index (χ1v) is 5.90. The number of hydrogen-bond acceptors (Lipinski definition) is 4. The molecule has 16 heavy (non-hydrogen) atoms. The molecule has 0 aromatic heterocycles. The van der Waals surface area contributed by atoms with Crippen molar-refractivity contribution >= 4 is 5.97 Å². The Morgan fingerprint density at radius 2 is 2.25 bits per heavy atom. The Morgan fingerprint density at radius 1 is 1.44 bits per heavy atom. The van der Waals surface area contributed by atoms with Crippen LogP contribution in [-0.2, 0) is 9.53 Å². The highest BCUT2D eigenvalue weighted by molar-refractivity contribution is 5.70. The number of aliphatic carboxylic acids is 1. The lowest BCUT2D eigenvalue weighted by Crippen LogP contribution is -2.45. The summed E-state index contributed by atoms with van der Waals surface area (Å²) in [5.74, 6) is -0.842. The van der Waals surface area contributed by atoms with E-state index in [0.717, 1.165) is 39.2 Å². The summed E-state index contributed by atoms with van der Waals surface area (Å²) in [5.41, 5.74) is 0. The van der Waals surface area contributed by atoms with Gasteiger partial charge in [0, 0.05) is 26.2 Å². The smallest absolute Gasteiger partial charge is 0.307 e. The molecule has 92 valence electrons. The lowest BCUT2D eigenvalue weighted by molar-refractivity contribution is -0.141. The van der Waals surface area contributed by atoms with Gasteiger partial charge >= 0.3 is 5.97 Å². The van der Waals surface area contributed by atoms with Crippen LogP contribution in [0.1, 0.15) is 6.42 Å². The van der Waals surface area contributed by atoms with Crippen LogP contribution in [0.3, 0.4) is 0 Å². The van der Waals surface area contributed by atoms with Crippen LogP contribution in [0, 0.1) is 5.92 Å². The number of carboxylic acids is 1. The fourth-order valence-electron chi connectivity index (χ4n) is 2.47. The van der Waals surface area contributed by atoms with Crippen molar-refractivity contribution in [3.05, 3.63) is 0 Å². The van der Waals surface area contributed by atoms with Gasteiger partial charge in [-0.25, -0.2) is 0 Å². The number of hydrogen-bond donors (Lipinski definition) is 1. The van der Waals surface area contributed by atoms with Crippen molar-refractivity contribution in [1.29, 1.82) is 0 Å². The Balaban J connectivity index is 1.76. The number of likely N-dealkylation sites (N-methyl/N-ethyl adjacent to an activating group) is 1. The highest BCUT2D eigenvalue weighted by Gasteiger charge is 2.30. The second-order valence-electron chi connectivity index (χ2n) is 4.84. The van der Waals surface area contributed by atoms with E-state index >= 15 is 0 Å². The zero-order chi connectivity index (χ0) is 11.5. The molecule has 0 saturated carbocycles. The summed E-state index contributed by atoms with van der Waals surface area (Å²) in [6.45, 7) is 5.17. The van der Waals surface area contributed by atoms with Crippen LogP contribution in [0.15, 0.2) is 0 Å². The summed E-state index contributed by atoms with van der Waals surface area (Å²) in [4.78, 5) is 15.3. The molecular formula is C11H20N2O3. The third kappa shape index (κ3) is 2.93. The second-order valence-corrected chi connectivity index (χ2v) is 4.84. The number of ether oxygens (including phenoxy) is 1. The summed E-state index contributed by atoms with van der Waals surface area (Å²) < 4.78 is 5.68. The molecule has 0 radical (unpaired) electrons. The number of morpholine rings is 1. The summed E-state index contributed by atoms with van der Waals surface area (Å²) in [5, 5.41) is 8.91. The molecule has 2 atom stereocenters. The predicted molar refractivity (Wildman–Crippen MR) is 59.4 cm³/mol. The molecule has 0 aromatic rings. The van der Waals surface area contributed by atoms with Gasteiger partial charge in [-0.1, -0.05) is 0 Å². The topological polar surface area (TPSA) is 53.0 Å². The van der Waals surface area contributed by atoms with Gasteiger partial charge in [0.2, 0.25) is 0 Å². The molecule has 2 rings (SSSR count). The standard InChI is InChI=1S/C11H20N2O3/c1-12-4-5-16-10(7-12)8-13-3-2-9(6-13)11(14)15/h9-10H,2-8H2,1H3,(H,14,15). The van der Waals surface area contributed by atoms with E-state index in [4.69, 9.17) is 9.84 Å². The molecule has 5 heteroatoms. The summed E-state index contributed by atoms with van der Waals surface area (Å²) in [7, 11) is 2.10. The Kier molecular flexibility index (Phi) is 3.78. The van der Waals surface area contributed by atoms with Crippen molar-refractivity contribution in [2.75, 3.05) is 46.4 Å². The van der Waals surface area contributed by atoms with Crippen LogP contribution in [-0.4, -0.2) is 73.4 Å². The molecule has 2 aliphatic heterocycles. The van der Waals surface area contributed by atoms with Gasteiger partial charge in [0.05, 0.1) is 18.6 Å². The van der Waals surface area contributed by atoms with E-state index in [1.54, 1.807) is 0 Å². The fraction of sp³-hybridized carbons (Fsp3) is 0.909. The van der Waals surface area contributed by atoms with Gasteiger partial charge in [-0.15, -0.1) is 0 Å². The third-order valence-corrected chi connectivity index (χ3v) is 3.43. The molecule has 0 spiro atoms. The molecule has 0 aliphatic carbocycles. The Hall–Kier alpha value is -0.650. The van der Waals surface area contributed by atoms with Gasteiger partial charge in [0.15, 0.2) is 0 Å². The molecule has 0 amide bonds. The van der Waals surface area contributed by atoms with Gasteiger partial charge in [-0.2, -0.15) is 0 Å². The van der Waals surface area contributed by atoms with E-state index < -0.39 is 5.97 Å². The quantitative estimate of drug-likeness (QED) is 0.720.